The number of hydrogen-bond donors (Lipinski definition) is 2. The highest BCUT2D eigenvalue weighted by Crippen LogP contribution is 2.28. The van der Waals surface area contributed by atoms with E-state index in [0.717, 1.165) is 30.6 Å². The van der Waals surface area contributed by atoms with Gasteiger partial charge in [-0.05, 0) is 31.0 Å². The quantitative estimate of drug-likeness (QED) is 0.544. The molecule has 1 aromatic rings. The van der Waals surface area contributed by atoms with Crippen LogP contribution in [-0.4, -0.2) is 47.0 Å². The lowest BCUT2D eigenvalue weighted by molar-refractivity contribution is -0.136. The molecule has 2 aliphatic rings. The molecule has 0 radical (unpaired) electrons. The number of piperidine rings is 1. The van der Waals surface area contributed by atoms with Crippen LogP contribution in [0.3, 0.4) is 0 Å². The first kappa shape index (κ1) is 19.7. The van der Waals surface area contributed by atoms with Crippen molar-refractivity contribution in [1.82, 2.24) is 15.5 Å². The molecule has 2 N–H and O–H groups in total. The van der Waals surface area contributed by atoms with Crippen LogP contribution in [0.4, 0.5) is 0 Å². The van der Waals surface area contributed by atoms with Gasteiger partial charge in [-0.2, -0.15) is 0 Å². The minimum Gasteiger partial charge on any atom is -0.352 e. The maximum atomic E-state index is 12.7. The summed E-state index contributed by atoms with van der Waals surface area (Å²) in [6.07, 6.45) is 4.30. The topological polar surface area (TPSA) is 113 Å². The van der Waals surface area contributed by atoms with Crippen LogP contribution in [0.1, 0.15) is 76.5 Å². The summed E-state index contributed by atoms with van der Waals surface area (Å²) in [6, 6.07) is 3.32. The lowest BCUT2D eigenvalue weighted by Gasteiger charge is -2.27. The summed E-state index contributed by atoms with van der Waals surface area (Å²) in [4.78, 5) is 62.0. The van der Waals surface area contributed by atoms with Crippen molar-refractivity contribution >= 4 is 29.5 Å². The molecule has 0 saturated carbocycles. The summed E-state index contributed by atoms with van der Waals surface area (Å²) in [7, 11) is 0. The average Bonchev–Trinajstić information content (AvgIpc) is 2.92. The Morgan fingerprint density at radius 1 is 1.11 bits per heavy atom. The van der Waals surface area contributed by atoms with Crippen LogP contribution in [0.15, 0.2) is 18.2 Å². The van der Waals surface area contributed by atoms with Gasteiger partial charge in [0, 0.05) is 18.5 Å². The van der Waals surface area contributed by atoms with E-state index in [4.69, 9.17) is 0 Å². The molecule has 1 unspecified atom stereocenters. The Kier molecular flexibility index (Phi) is 5.87. The van der Waals surface area contributed by atoms with E-state index in [1.165, 1.54) is 18.2 Å². The van der Waals surface area contributed by atoms with Crippen molar-refractivity contribution in [1.29, 1.82) is 0 Å². The van der Waals surface area contributed by atoms with Crippen LogP contribution in [0.25, 0.3) is 0 Å². The molecule has 1 aromatic carbocycles. The maximum Gasteiger partial charge on any atom is 0.262 e. The highest BCUT2D eigenvalue weighted by atomic mass is 16.2. The average molecular weight is 385 g/mol. The number of carbonyl (C=O) groups excluding carboxylic acids is 5. The van der Waals surface area contributed by atoms with Gasteiger partial charge >= 0.3 is 0 Å². The summed E-state index contributed by atoms with van der Waals surface area (Å²) in [5.41, 5.74) is 0.558. The predicted molar refractivity (Wildman–Crippen MR) is 99.6 cm³/mol. The van der Waals surface area contributed by atoms with E-state index in [1.807, 2.05) is 0 Å². The van der Waals surface area contributed by atoms with E-state index >= 15 is 0 Å². The molecular weight excluding hydrogens is 362 g/mol. The Balaban J connectivity index is 1.72. The van der Waals surface area contributed by atoms with Crippen molar-refractivity contribution < 1.29 is 24.0 Å². The largest absolute Gasteiger partial charge is 0.352 e. The number of benzene rings is 1. The molecule has 2 aliphatic heterocycles. The highest BCUT2D eigenvalue weighted by molar-refractivity contribution is 6.24. The molecular formula is C20H23N3O5. The van der Waals surface area contributed by atoms with E-state index < -0.39 is 29.7 Å². The van der Waals surface area contributed by atoms with Crippen molar-refractivity contribution in [2.45, 2.75) is 51.5 Å². The molecule has 0 bridgehead atoms. The lowest BCUT2D eigenvalue weighted by Crippen LogP contribution is -2.54. The van der Waals surface area contributed by atoms with Gasteiger partial charge in [0.2, 0.25) is 11.8 Å². The first-order valence-electron chi connectivity index (χ1n) is 9.58. The molecule has 1 atom stereocenters. The number of hydrogen-bond acceptors (Lipinski definition) is 5. The SMILES string of the molecule is CCCCCCNC(=O)c1ccc2c(c1)C(=O)N(C1CCC(=O)NC1=O)C2=O. The second-order valence-electron chi connectivity index (χ2n) is 7.02. The molecule has 3 rings (SSSR count). The maximum absolute atomic E-state index is 12.7. The highest BCUT2D eigenvalue weighted by Gasteiger charge is 2.44. The summed E-state index contributed by atoms with van der Waals surface area (Å²) in [5, 5.41) is 4.96. The lowest BCUT2D eigenvalue weighted by atomic mass is 10.0. The zero-order valence-corrected chi connectivity index (χ0v) is 15.7. The number of amides is 5. The van der Waals surface area contributed by atoms with Crippen molar-refractivity contribution in [3.63, 3.8) is 0 Å². The molecule has 2 heterocycles. The van der Waals surface area contributed by atoms with Crippen LogP contribution in [0, 0.1) is 0 Å². The van der Waals surface area contributed by atoms with Crippen LogP contribution >= 0.6 is 0 Å². The van der Waals surface area contributed by atoms with Crippen LogP contribution in [0.2, 0.25) is 0 Å². The standard InChI is InChI=1S/C20H23N3O5/c1-2-3-4-5-10-21-17(25)12-6-7-13-14(11-12)20(28)23(19(13)27)15-8-9-16(24)22-18(15)26/h6-7,11,15H,2-5,8-10H2,1H3,(H,21,25)(H,22,24,26). The van der Waals surface area contributed by atoms with Gasteiger partial charge in [-0.25, -0.2) is 0 Å². The molecule has 1 saturated heterocycles. The van der Waals surface area contributed by atoms with Crippen molar-refractivity contribution in [2.24, 2.45) is 0 Å². The van der Waals surface area contributed by atoms with E-state index in [1.54, 1.807) is 0 Å². The Hall–Kier alpha value is -3.03. The second-order valence-corrected chi connectivity index (χ2v) is 7.02. The van der Waals surface area contributed by atoms with Gasteiger partial charge in [-0.15, -0.1) is 0 Å². The fraction of sp³-hybridized carbons (Fsp3) is 0.450. The number of rotatable bonds is 7. The van der Waals surface area contributed by atoms with Gasteiger partial charge in [-0.1, -0.05) is 26.2 Å². The van der Waals surface area contributed by atoms with E-state index in [2.05, 4.69) is 17.6 Å². The molecule has 8 heteroatoms. The minimum absolute atomic E-state index is 0.0650. The van der Waals surface area contributed by atoms with E-state index in [-0.39, 0.29) is 29.9 Å². The van der Waals surface area contributed by atoms with Gasteiger partial charge < -0.3 is 5.32 Å². The minimum atomic E-state index is -1.01. The van der Waals surface area contributed by atoms with Gasteiger partial charge in [0.25, 0.3) is 17.7 Å². The summed E-state index contributed by atoms with van der Waals surface area (Å²) < 4.78 is 0. The zero-order chi connectivity index (χ0) is 20.3. The van der Waals surface area contributed by atoms with E-state index in [0.29, 0.717) is 12.1 Å². The zero-order valence-electron chi connectivity index (χ0n) is 15.7. The fourth-order valence-corrected chi connectivity index (χ4v) is 3.47. The van der Waals surface area contributed by atoms with Gasteiger partial charge in [-0.3, -0.25) is 34.2 Å². The summed E-state index contributed by atoms with van der Waals surface area (Å²) in [6.45, 7) is 2.66. The molecule has 5 amide bonds. The molecule has 28 heavy (non-hydrogen) atoms. The molecule has 0 aliphatic carbocycles. The number of imide groups is 2. The molecule has 148 valence electrons. The Morgan fingerprint density at radius 2 is 1.86 bits per heavy atom. The molecule has 0 aromatic heterocycles. The summed E-state index contributed by atoms with van der Waals surface area (Å²) in [5.74, 6) is -2.58. The number of fused-ring (bicyclic) bond motifs is 1. The fourth-order valence-electron chi connectivity index (χ4n) is 3.47. The van der Waals surface area contributed by atoms with Crippen LogP contribution < -0.4 is 10.6 Å². The second kappa shape index (κ2) is 8.33. The molecule has 8 nitrogen and oxygen atoms in total. The van der Waals surface area contributed by atoms with Crippen molar-refractivity contribution in [3.05, 3.63) is 34.9 Å². The first-order chi connectivity index (χ1) is 13.4. The number of unbranched alkanes of at least 4 members (excludes halogenated alkanes) is 3. The Labute approximate surface area is 162 Å². The third kappa shape index (κ3) is 3.81. The van der Waals surface area contributed by atoms with Crippen molar-refractivity contribution in [3.8, 4) is 0 Å². The Morgan fingerprint density at radius 3 is 2.57 bits per heavy atom. The number of carbonyl (C=O) groups is 5. The molecule has 0 spiro atoms. The normalized spacial score (nSPS) is 18.9. The molecule has 1 fully saturated rings. The Bertz CT molecular complexity index is 848. The van der Waals surface area contributed by atoms with Crippen molar-refractivity contribution in [2.75, 3.05) is 6.54 Å². The smallest absolute Gasteiger partial charge is 0.262 e. The first-order valence-corrected chi connectivity index (χ1v) is 9.58. The number of nitrogens with one attached hydrogen (secondary N) is 2. The summed E-state index contributed by atoms with van der Waals surface area (Å²) >= 11 is 0. The third-order valence-electron chi connectivity index (χ3n) is 5.02. The van der Waals surface area contributed by atoms with Gasteiger partial charge in [0.1, 0.15) is 6.04 Å². The van der Waals surface area contributed by atoms with Gasteiger partial charge in [0.15, 0.2) is 0 Å². The van der Waals surface area contributed by atoms with Crippen LogP contribution in [0.5, 0.6) is 0 Å². The third-order valence-corrected chi connectivity index (χ3v) is 5.02. The van der Waals surface area contributed by atoms with Gasteiger partial charge in [0.05, 0.1) is 11.1 Å². The predicted octanol–water partition coefficient (Wildman–Crippen LogP) is 1.40. The number of nitrogens with zero attached hydrogens (tertiary/aromatic N) is 1. The monoisotopic (exact) mass is 385 g/mol. The van der Waals surface area contributed by atoms with Crippen LogP contribution in [-0.2, 0) is 9.59 Å². The van der Waals surface area contributed by atoms with E-state index in [9.17, 15) is 24.0 Å².